The van der Waals surface area contributed by atoms with E-state index in [1.807, 2.05) is 31.2 Å². The molecule has 3 unspecified atom stereocenters. The van der Waals surface area contributed by atoms with Crippen LogP contribution in [0.1, 0.15) is 49.7 Å². The first kappa shape index (κ1) is 21.9. The van der Waals surface area contributed by atoms with Crippen LogP contribution in [0.15, 0.2) is 30.5 Å². The van der Waals surface area contributed by atoms with Crippen LogP contribution in [-0.2, 0) is 19.4 Å². The zero-order valence-corrected chi connectivity index (χ0v) is 19.6. The molecule has 0 radical (unpaired) electrons. The van der Waals surface area contributed by atoms with Gasteiger partial charge in [0.2, 0.25) is 11.8 Å². The maximum Gasteiger partial charge on any atom is 0.234 e. The smallest absolute Gasteiger partial charge is 0.234 e. The van der Waals surface area contributed by atoms with Crippen LogP contribution in [0.2, 0.25) is 0 Å². The molecule has 1 aromatic heterocycles. The molecule has 160 valence electrons. The predicted octanol–water partition coefficient (Wildman–Crippen LogP) is 3.10. The van der Waals surface area contributed by atoms with Crippen molar-refractivity contribution in [3.8, 4) is 0 Å². The summed E-state index contributed by atoms with van der Waals surface area (Å²) in [5.41, 5.74) is 0.455. The molecule has 0 bridgehead atoms. The first-order valence-corrected chi connectivity index (χ1v) is 13.3. The molecule has 30 heavy (non-hydrogen) atoms. The number of hydrogen-bond acceptors (Lipinski definition) is 7. The van der Waals surface area contributed by atoms with Crippen molar-refractivity contribution in [1.82, 2.24) is 15.6 Å². The molecule has 1 aromatic carbocycles. The SMILES string of the molecule is CCC1(OSI)CNCCC1(O)c1ccc2ncc(C3CCC(=O)NC3=O)cc2c1. The Balaban J connectivity index is 1.75. The molecule has 3 heterocycles. The van der Waals surface area contributed by atoms with Gasteiger partial charge in [-0.15, -0.1) is 0 Å². The Labute approximate surface area is 191 Å². The molecule has 2 fully saturated rings. The summed E-state index contributed by atoms with van der Waals surface area (Å²) in [6.45, 7) is 3.28. The number of pyridine rings is 1. The molecular formula is C21H24IN3O4S. The lowest BCUT2D eigenvalue weighted by Crippen LogP contribution is -2.62. The number of amides is 2. The molecular weight excluding hydrogens is 517 g/mol. The second-order valence-electron chi connectivity index (χ2n) is 7.96. The number of benzene rings is 1. The Morgan fingerprint density at radius 2 is 2.20 bits per heavy atom. The lowest BCUT2D eigenvalue weighted by Gasteiger charge is -2.49. The molecule has 2 aromatic rings. The highest BCUT2D eigenvalue weighted by atomic mass is 127. The van der Waals surface area contributed by atoms with Crippen LogP contribution in [0.4, 0.5) is 0 Å². The lowest BCUT2D eigenvalue weighted by atomic mass is 9.71. The quantitative estimate of drug-likeness (QED) is 0.304. The summed E-state index contributed by atoms with van der Waals surface area (Å²) in [6.07, 6.45) is 3.69. The van der Waals surface area contributed by atoms with E-state index in [2.05, 4.69) is 36.8 Å². The van der Waals surface area contributed by atoms with E-state index < -0.39 is 17.1 Å². The van der Waals surface area contributed by atoms with E-state index in [4.69, 9.17) is 4.18 Å². The summed E-state index contributed by atoms with van der Waals surface area (Å²) in [5, 5.41) is 18.4. The molecule has 3 atom stereocenters. The summed E-state index contributed by atoms with van der Waals surface area (Å²) in [4.78, 5) is 28.3. The maximum atomic E-state index is 12.3. The van der Waals surface area contributed by atoms with Crippen LogP contribution in [0.5, 0.6) is 0 Å². The fourth-order valence-electron chi connectivity index (χ4n) is 4.58. The molecule has 2 aliphatic rings. The number of nitrogens with one attached hydrogen (secondary N) is 2. The minimum absolute atomic E-state index is 0.232. The predicted molar refractivity (Wildman–Crippen MR) is 124 cm³/mol. The van der Waals surface area contributed by atoms with Crippen LogP contribution in [-0.4, -0.2) is 40.6 Å². The normalized spacial score (nSPS) is 29.8. The van der Waals surface area contributed by atoms with Crippen molar-refractivity contribution >= 4 is 53.1 Å². The van der Waals surface area contributed by atoms with Gasteiger partial charge < -0.3 is 10.4 Å². The van der Waals surface area contributed by atoms with Gasteiger partial charge in [0.05, 0.1) is 20.6 Å². The maximum absolute atomic E-state index is 12.3. The number of carbonyl (C=O) groups excluding carboxylic acids is 2. The minimum atomic E-state index is -1.15. The molecule has 0 saturated carbocycles. The number of piperidine rings is 2. The summed E-state index contributed by atoms with van der Waals surface area (Å²) in [5.74, 6) is -0.902. The Hall–Kier alpha value is -1.27. The third-order valence-corrected chi connectivity index (χ3v) is 7.33. The van der Waals surface area contributed by atoms with E-state index in [1.54, 1.807) is 6.20 Å². The second kappa shape index (κ2) is 8.70. The number of aromatic nitrogens is 1. The van der Waals surface area contributed by atoms with Gasteiger partial charge in [-0.2, -0.15) is 0 Å². The fourth-order valence-corrected chi connectivity index (χ4v) is 6.05. The molecule has 0 aliphatic carbocycles. The van der Waals surface area contributed by atoms with Crippen molar-refractivity contribution in [2.75, 3.05) is 13.1 Å². The molecule has 0 spiro atoms. The van der Waals surface area contributed by atoms with Gasteiger partial charge in [0.25, 0.3) is 0 Å². The topological polar surface area (TPSA) is 101 Å². The fraction of sp³-hybridized carbons (Fsp3) is 0.476. The number of carbonyl (C=O) groups is 2. The number of rotatable bonds is 5. The van der Waals surface area contributed by atoms with E-state index in [1.165, 1.54) is 9.21 Å². The van der Waals surface area contributed by atoms with Crippen molar-refractivity contribution in [1.29, 1.82) is 0 Å². The number of aliphatic hydroxyl groups is 1. The third kappa shape index (κ3) is 3.75. The highest BCUT2D eigenvalue weighted by Crippen LogP contribution is 2.46. The Morgan fingerprint density at radius 3 is 2.93 bits per heavy atom. The largest absolute Gasteiger partial charge is 0.382 e. The van der Waals surface area contributed by atoms with Gasteiger partial charge in [0.1, 0.15) is 11.2 Å². The number of halogens is 1. The summed E-state index contributed by atoms with van der Waals surface area (Å²) >= 11 is 2.09. The van der Waals surface area contributed by atoms with E-state index in [-0.39, 0.29) is 11.8 Å². The molecule has 2 saturated heterocycles. The van der Waals surface area contributed by atoms with Gasteiger partial charge in [-0.05, 0) is 55.1 Å². The lowest BCUT2D eigenvalue weighted by molar-refractivity contribution is -0.151. The summed E-state index contributed by atoms with van der Waals surface area (Å²) in [6, 6.07) is 7.71. The zero-order chi connectivity index (χ0) is 21.4. The van der Waals surface area contributed by atoms with Crippen LogP contribution in [0, 0.1) is 0 Å². The van der Waals surface area contributed by atoms with Gasteiger partial charge in [-0.25, -0.2) is 0 Å². The van der Waals surface area contributed by atoms with Crippen LogP contribution in [0.25, 0.3) is 10.9 Å². The second-order valence-corrected chi connectivity index (χ2v) is 9.33. The van der Waals surface area contributed by atoms with Crippen LogP contribution >= 0.6 is 30.4 Å². The number of hydrogen-bond donors (Lipinski definition) is 3. The van der Waals surface area contributed by atoms with Gasteiger partial charge in [0.15, 0.2) is 0 Å². The van der Waals surface area contributed by atoms with Crippen molar-refractivity contribution in [2.45, 2.75) is 49.7 Å². The van der Waals surface area contributed by atoms with Crippen molar-refractivity contribution < 1.29 is 18.9 Å². The Morgan fingerprint density at radius 1 is 1.37 bits per heavy atom. The monoisotopic (exact) mass is 541 g/mol. The van der Waals surface area contributed by atoms with Crippen LogP contribution in [0.3, 0.4) is 0 Å². The third-order valence-electron chi connectivity index (χ3n) is 6.41. The van der Waals surface area contributed by atoms with Gasteiger partial charge >= 0.3 is 0 Å². The molecule has 2 amide bonds. The van der Waals surface area contributed by atoms with Crippen molar-refractivity contribution in [2.24, 2.45) is 0 Å². The molecule has 3 N–H and O–H groups in total. The highest BCUT2D eigenvalue weighted by molar-refractivity contribution is 14.2. The standard InChI is InChI=1S/C21H24IN3O4S/c1-2-20(29-30-22)12-23-8-7-21(20,28)15-3-5-17-13(10-15)9-14(11-24-17)16-4-6-18(26)25-19(16)27/h3,5,9-11,16,23,28H,2,4,6-8,12H2,1H3,(H,25,26,27). The van der Waals surface area contributed by atoms with E-state index in [0.717, 1.165) is 22.0 Å². The van der Waals surface area contributed by atoms with E-state index in [9.17, 15) is 14.7 Å². The van der Waals surface area contributed by atoms with Gasteiger partial charge in [-0.1, -0.05) is 13.0 Å². The number of fused-ring (bicyclic) bond motifs is 1. The first-order valence-electron chi connectivity index (χ1n) is 10.1. The molecule has 7 nitrogen and oxygen atoms in total. The summed E-state index contributed by atoms with van der Waals surface area (Å²) < 4.78 is 6.04. The van der Waals surface area contributed by atoms with Crippen LogP contribution < -0.4 is 10.6 Å². The number of nitrogens with zero attached hydrogens (tertiary/aromatic N) is 1. The minimum Gasteiger partial charge on any atom is -0.382 e. The molecule has 4 rings (SSSR count). The van der Waals surface area contributed by atoms with Gasteiger partial charge in [-0.3, -0.25) is 24.1 Å². The first-order chi connectivity index (χ1) is 14.4. The number of imide groups is 1. The Kier molecular flexibility index (Phi) is 6.36. The summed E-state index contributed by atoms with van der Waals surface area (Å²) in [7, 11) is 1.24. The van der Waals surface area contributed by atoms with E-state index >= 15 is 0 Å². The highest BCUT2D eigenvalue weighted by Gasteiger charge is 2.53. The average molecular weight is 541 g/mol. The average Bonchev–Trinajstić information content (AvgIpc) is 2.75. The van der Waals surface area contributed by atoms with Crippen molar-refractivity contribution in [3.63, 3.8) is 0 Å². The van der Waals surface area contributed by atoms with Crippen molar-refractivity contribution in [3.05, 3.63) is 41.6 Å². The van der Waals surface area contributed by atoms with Gasteiger partial charge in [0, 0.05) is 45.8 Å². The Bertz CT molecular complexity index is 986. The molecule has 2 aliphatic heterocycles. The zero-order valence-electron chi connectivity index (χ0n) is 16.6. The molecule has 9 heteroatoms. The van der Waals surface area contributed by atoms with E-state index in [0.29, 0.717) is 38.8 Å².